The zero-order valence-electron chi connectivity index (χ0n) is 16.7. The molecule has 2 aliphatic rings. The molecular formula is C22H29N3O3S. The lowest BCUT2D eigenvalue weighted by atomic mass is 9.98. The number of anilines is 1. The number of sulfonamides is 1. The Balaban J connectivity index is 1.31. The number of nitrogens with zero attached hydrogens (tertiary/aromatic N) is 3. The highest BCUT2D eigenvalue weighted by Gasteiger charge is 2.27. The largest absolute Gasteiger partial charge is 0.493 e. The second-order valence-electron chi connectivity index (χ2n) is 7.87. The smallest absolute Gasteiger partial charge is 0.244 e. The predicted octanol–water partition coefficient (Wildman–Crippen LogP) is 3.55. The van der Waals surface area contributed by atoms with Gasteiger partial charge >= 0.3 is 0 Å². The van der Waals surface area contributed by atoms with Gasteiger partial charge in [-0.3, -0.25) is 0 Å². The van der Waals surface area contributed by atoms with Crippen LogP contribution >= 0.6 is 0 Å². The van der Waals surface area contributed by atoms with Crippen LogP contribution in [0, 0.1) is 5.92 Å². The molecule has 7 heteroatoms. The molecule has 1 aromatic carbocycles. The van der Waals surface area contributed by atoms with E-state index in [0.29, 0.717) is 23.9 Å². The monoisotopic (exact) mass is 415 g/mol. The van der Waals surface area contributed by atoms with Crippen LogP contribution in [-0.2, 0) is 10.0 Å². The van der Waals surface area contributed by atoms with E-state index in [1.54, 1.807) is 10.4 Å². The maximum absolute atomic E-state index is 12.8. The van der Waals surface area contributed by atoms with Crippen LogP contribution in [0.1, 0.15) is 32.1 Å². The molecule has 0 bridgehead atoms. The Morgan fingerprint density at radius 1 is 0.931 bits per heavy atom. The lowest BCUT2D eigenvalue weighted by Gasteiger charge is -2.32. The Labute approximate surface area is 173 Å². The molecule has 2 saturated heterocycles. The summed E-state index contributed by atoms with van der Waals surface area (Å²) in [5.41, 5.74) is 0. The first-order valence-corrected chi connectivity index (χ1v) is 12.0. The van der Waals surface area contributed by atoms with E-state index in [4.69, 9.17) is 4.74 Å². The first-order chi connectivity index (χ1) is 14.1. The Bertz CT molecular complexity index is 873. The minimum absolute atomic E-state index is 0.300. The van der Waals surface area contributed by atoms with E-state index in [1.165, 1.54) is 6.20 Å². The summed E-state index contributed by atoms with van der Waals surface area (Å²) in [6, 6.07) is 13.5. The molecule has 0 N–H and O–H groups in total. The van der Waals surface area contributed by atoms with Gasteiger partial charge in [0.25, 0.3) is 0 Å². The van der Waals surface area contributed by atoms with Gasteiger partial charge in [0.15, 0.2) is 0 Å². The van der Waals surface area contributed by atoms with Gasteiger partial charge in [0.05, 0.1) is 6.61 Å². The van der Waals surface area contributed by atoms with Crippen LogP contribution in [-0.4, -0.2) is 50.5 Å². The molecular weight excluding hydrogens is 386 g/mol. The number of rotatable bonds is 6. The minimum Gasteiger partial charge on any atom is -0.493 e. The molecule has 29 heavy (non-hydrogen) atoms. The highest BCUT2D eigenvalue weighted by Crippen LogP contribution is 2.25. The van der Waals surface area contributed by atoms with Gasteiger partial charge in [-0.25, -0.2) is 13.4 Å². The van der Waals surface area contributed by atoms with Gasteiger partial charge < -0.3 is 9.64 Å². The molecule has 156 valence electrons. The third-order valence-corrected chi connectivity index (χ3v) is 7.72. The van der Waals surface area contributed by atoms with Crippen molar-refractivity contribution in [2.75, 3.05) is 37.7 Å². The van der Waals surface area contributed by atoms with Crippen molar-refractivity contribution in [1.82, 2.24) is 9.29 Å². The molecule has 0 aliphatic carbocycles. The van der Waals surface area contributed by atoms with Crippen LogP contribution in [0.2, 0.25) is 0 Å². The average Bonchev–Trinajstić information content (AvgIpc) is 2.79. The second kappa shape index (κ2) is 9.13. The molecule has 1 aromatic heterocycles. The van der Waals surface area contributed by atoms with Crippen molar-refractivity contribution in [2.24, 2.45) is 5.92 Å². The number of pyridine rings is 1. The van der Waals surface area contributed by atoms with Crippen molar-refractivity contribution in [3.05, 3.63) is 48.7 Å². The second-order valence-corrected chi connectivity index (χ2v) is 9.81. The standard InChI is InChI=1S/C22H29N3O3S/c26-29(27,25-13-5-2-6-14-25)21-9-10-22(23-17-21)24-15-11-19(12-16-24)18-28-20-7-3-1-4-8-20/h1,3-4,7-10,17,19H,2,5-6,11-16,18H2. The van der Waals surface area contributed by atoms with Crippen molar-refractivity contribution in [3.8, 4) is 5.75 Å². The summed E-state index contributed by atoms with van der Waals surface area (Å²) in [6.07, 6.45) is 6.59. The Hall–Kier alpha value is -2.12. The molecule has 0 saturated carbocycles. The number of aromatic nitrogens is 1. The summed E-state index contributed by atoms with van der Waals surface area (Å²) in [5.74, 6) is 2.30. The normalized spacial score (nSPS) is 19.2. The van der Waals surface area contributed by atoms with Crippen LogP contribution in [0.3, 0.4) is 0 Å². The number of hydrogen-bond donors (Lipinski definition) is 0. The van der Waals surface area contributed by atoms with E-state index in [9.17, 15) is 8.42 Å². The van der Waals surface area contributed by atoms with Gasteiger partial charge in [0, 0.05) is 32.4 Å². The summed E-state index contributed by atoms with van der Waals surface area (Å²) < 4.78 is 33.0. The van der Waals surface area contributed by atoms with Crippen LogP contribution in [0.5, 0.6) is 5.75 Å². The van der Waals surface area contributed by atoms with Crippen molar-refractivity contribution < 1.29 is 13.2 Å². The molecule has 2 aromatic rings. The SMILES string of the molecule is O=S(=O)(c1ccc(N2CCC(COc3ccccc3)CC2)nc1)N1CCCCC1. The summed E-state index contributed by atoms with van der Waals surface area (Å²) in [6.45, 7) is 3.78. The van der Waals surface area contributed by atoms with E-state index in [-0.39, 0.29) is 0 Å². The van der Waals surface area contributed by atoms with Gasteiger partial charge in [0.1, 0.15) is 16.5 Å². The molecule has 0 amide bonds. The molecule has 0 unspecified atom stereocenters. The maximum atomic E-state index is 12.8. The summed E-state index contributed by atoms with van der Waals surface area (Å²) in [5, 5.41) is 0. The average molecular weight is 416 g/mol. The molecule has 0 radical (unpaired) electrons. The molecule has 3 heterocycles. The van der Waals surface area contributed by atoms with E-state index >= 15 is 0 Å². The van der Waals surface area contributed by atoms with Crippen molar-refractivity contribution in [3.63, 3.8) is 0 Å². The van der Waals surface area contributed by atoms with Crippen molar-refractivity contribution >= 4 is 15.8 Å². The van der Waals surface area contributed by atoms with E-state index < -0.39 is 10.0 Å². The first kappa shape index (κ1) is 20.2. The molecule has 6 nitrogen and oxygen atoms in total. The maximum Gasteiger partial charge on any atom is 0.244 e. The van der Waals surface area contributed by atoms with Gasteiger partial charge in [-0.1, -0.05) is 24.6 Å². The van der Waals surface area contributed by atoms with Crippen LogP contribution < -0.4 is 9.64 Å². The number of ether oxygens (including phenoxy) is 1. The highest BCUT2D eigenvalue weighted by atomic mass is 32.2. The van der Waals surface area contributed by atoms with Gasteiger partial charge in [0.2, 0.25) is 10.0 Å². The number of para-hydroxylation sites is 1. The molecule has 4 rings (SSSR count). The zero-order valence-corrected chi connectivity index (χ0v) is 17.6. The van der Waals surface area contributed by atoms with Gasteiger partial charge in [-0.05, 0) is 55.9 Å². The third kappa shape index (κ3) is 4.90. The van der Waals surface area contributed by atoms with E-state index in [2.05, 4.69) is 9.88 Å². The quantitative estimate of drug-likeness (QED) is 0.722. The minimum atomic E-state index is -3.42. The number of piperidine rings is 2. The summed E-state index contributed by atoms with van der Waals surface area (Å²) in [7, 11) is -3.42. The van der Waals surface area contributed by atoms with E-state index in [0.717, 1.165) is 63.4 Å². The van der Waals surface area contributed by atoms with Gasteiger partial charge in [-0.15, -0.1) is 0 Å². The lowest BCUT2D eigenvalue weighted by Crippen LogP contribution is -2.36. The van der Waals surface area contributed by atoms with Crippen LogP contribution in [0.15, 0.2) is 53.6 Å². The van der Waals surface area contributed by atoms with Crippen molar-refractivity contribution in [2.45, 2.75) is 37.0 Å². The Morgan fingerprint density at radius 2 is 1.66 bits per heavy atom. The predicted molar refractivity (Wildman–Crippen MR) is 114 cm³/mol. The summed E-state index contributed by atoms with van der Waals surface area (Å²) in [4.78, 5) is 7.00. The van der Waals surface area contributed by atoms with E-state index in [1.807, 2.05) is 36.4 Å². The fourth-order valence-electron chi connectivity index (χ4n) is 4.03. The van der Waals surface area contributed by atoms with Crippen LogP contribution in [0.4, 0.5) is 5.82 Å². The van der Waals surface area contributed by atoms with Crippen molar-refractivity contribution in [1.29, 1.82) is 0 Å². The molecule has 0 spiro atoms. The highest BCUT2D eigenvalue weighted by molar-refractivity contribution is 7.89. The molecule has 0 atom stereocenters. The lowest BCUT2D eigenvalue weighted by molar-refractivity contribution is 0.222. The first-order valence-electron chi connectivity index (χ1n) is 10.5. The Kier molecular flexibility index (Phi) is 6.35. The summed E-state index contributed by atoms with van der Waals surface area (Å²) >= 11 is 0. The van der Waals surface area contributed by atoms with Gasteiger partial charge in [-0.2, -0.15) is 4.31 Å². The van der Waals surface area contributed by atoms with Crippen LogP contribution in [0.25, 0.3) is 0 Å². The topological polar surface area (TPSA) is 62.7 Å². The number of hydrogen-bond acceptors (Lipinski definition) is 5. The zero-order chi connectivity index (χ0) is 20.1. The molecule has 2 aliphatic heterocycles. The fraction of sp³-hybridized carbons (Fsp3) is 0.500. The molecule has 2 fully saturated rings. The fourth-order valence-corrected chi connectivity index (χ4v) is 5.49. The Morgan fingerprint density at radius 3 is 2.31 bits per heavy atom. The number of benzene rings is 1. The third-order valence-electron chi connectivity index (χ3n) is 5.84.